The van der Waals surface area contributed by atoms with Gasteiger partial charge in [0.25, 0.3) is 0 Å². The van der Waals surface area contributed by atoms with Gasteiger partial charge in [0.1, 0.15) is 6.10 Å². The third-order valence-corrected chi connectivity index (χ3v) is 11.4. The third kappa shape index (κ3) is 4.16. The number of aliphatic hydroxyl groups excluding tert-OH is 2. The molecule has 1 aromatic carbocycles. The van der Waals surface area contributed by atoms with Gasteiger partial charge in [0.2, 0.25) is 0 Å². The van der Waals surface area contributed by atoms with E-state index in [1.807, 2.05) is 33.8 Å². The number of hydrogen-bond acceptors (Lipinski definition) is 10. The maximum Gasteiger partial charge on any atom is 0.338 e. The molecule has 10 heteroatoms. The summed E-state index contributed by atoms with van der Waals surface area (Å²) in [6.45, 7) is 14.5. The van der Waals surface area contributed by atoms with Crippen molar-refractivity contribution in [1.29, 1.82) is 0 Å². The van der Waals surface area contributed by atoms with Gasteiger partial charge in [0.15, 0.2) is 11.9 Å². The molecule has 0 aromatic heterocycles. The Kier molecular flexibility index (Phi) is 8.98. The molecule has 1 saturated heterocycles. The van der Waals surface area contributed by atoms with Gasteiger partial charge in [0.05, 0.1) is 43.0 Å². The van der Waals surface area contributed by atoms with E-state index in [9.17, 15) is 29.4 Å². The van der Waals surface area contributed by atoms with Crippen molar-refractivity contribution in [2.45, 2.75) is 98.8 Å². The highest BCUT2D eigenvalue weighted by Gasteiger charge is 2.93. The lowest BCUT2D eigenvalue weighted by molar-refractivity contribution is -0.415. The summed E-state index contributed by atoms with van der Waals surface area (Å²) in [5.74, 6) is -1.94. The second-order valence-electron chi connectivity index (χ2n) is 12.9. The SMILES string of the molecule is CC.CC(=O)O[C@H]1C(=O)[C@]2(C)[C@@H](O)C[C@H]3OC[C@H]3C23C(OC(=O)c2ccccc2)[C@]2(C)C[C@H](O)C(C)=C1[C@]32C.COC(C)=O. The van der Waals surface area contributed by atoms with Crippen molar-refractivity contribution in [3.05, 3.63) is 47.0 Å². The van der Waals surface area contributed by atoms with E-state index in [1.54, 1.807) is 38.1 Å². The maximum atomic E-state index is 14.5. The Morgan fingerprint density at radius 3 is 2.07 bits per heavy atom. The third-order valence-electron chi connectivity index (χ3n) is 11.4. The molecule has 44 heavy (non-hydrogen) atoms. The molecule has 0 bridgehead atoms. The van der Waals surface area contributed by atoms with Crippen molar-refractivity contribution in [3.8, 4) is 0 Å². The average molecular weight is 615 g/mol. The van der Waals surface area contributed by atoms with Crippen LogP contribution in [0.2, 0.25) is 0 Å². The van der Waals surface area contributed by atoms with Crippen LogP contribution in [-0.4, -0.2) is 78.1 Å². The Morgan fingerprint density at radius 2 is 1.57 bits per heavy atom. The highest BCUT2D eigenvalue weighted by atomic mass is 16.6. The molecule has 1 aliphatic heterocycles. The van der Waals surface area contributed by atoms with Gasteiger partial charge < -0.3 is 29.2 Å². The smallest absolute Gasteiger partial charge is 0.338 e. The van der Waals surface area contributed by atoms with E-state index in [0.29, 0.717) is 29.7 Å². The summed E-state index contributed by atoms with van der Waals surface area (Å²) in [6.07, 6.45) is -3.71. The minimum Gasteiger partial charge on any atom is -0.469 e. The van der Waals surface area contributed by atoms with E-state index in [2.05, 4.69) is 4.74 Å². The second-order valence-corrected chi connectivity index (χ2v) is 12.9. The molecule has 2 N–H and O–H groups in total. The van der Waals surface area contributed by atoms with E-state index in [0.717, 1.165) is 0 Å². The zero-order valence-corrected chi connectivity index (χ0v) is 27.1. The highest BCUT2D eigenvalue weighted by Crippen LogP contribution is 2.87. The molecule has 1 spiro atoms. The van der Waals surface area contributed by atoms with Crippen LogP contribution in [0.5, 0.6) is 0 Å². The number of hydrogen-bond donors (Lipinski definition) is 2. The molecular weight excluding hydrogens is 568 g/mol. The van der Waals surface area contributed by atoms with Crippen molar-refractivity contribution in [1.82, 2.24) is 0 Å². The van der Waals surface area contributed by atoms with Crippen LogP contribution in [0.4, 0.5) is 0 Å². The van der Waals surface area contributed by atoms with Gasteiger partial charge in [-0.25, -0.2) is 4.79 Å². The van der Waals surface area contributed by atoms with Crippen molar-refractivity contribution < 1.29 is 48.3 Å². The summed E-state index contributed by atoms with van der Waals surface area (Å²) >= 11 is 0. The number of ether oxygens (including phenoxy) is 4. The largest absolute Gasteiger partial charge is 0.469 e. The number of ketones is 1. The van der Waals surface area contributed by atoms with Crippen molar-refractivity contribution >= 4 is 23.7 Å². The molecule has 5 aliphatic rings. The predicted octanol–water partition coefficient (Wildman–Crippen LogP) is 3.81. The lowest BCUT2D eigenvalue weighted by Crippen LogP contribution is -2.92. The molecule has 2 unspecified atom stereocenters. The van der Waals surface area contributed by atoms with Crippen molar-refractivity contribution in [3.63, 3.8) is 0 Å². The van der Waals surface area contributed by atoms with Crippen LogP contribution >= 0.6 is 0 Å². The Bertz CT molecular complexity index is 1350. The molecule has 4 fully saturated rings. The van der Waals surface area contributed by atoms with E-state index < -0.39 is 63.8 Å². The number of Topliss-reactive ketones (excluding diaryl/α,β-unsaturated/α-hetero) is 1. The van der Waals surface area contributed by atoms with E-state index >= 15 is 0 Å². The molecule has 3 saturated carbocycles. The first-order valence-corrected chi connectivity index (χ1v) is 15.4. The van der Waals surface area contributed by atoms with Crippen LogP contribution in [-0.2, 0) is 33.3 Å². The van der Waals surface area contributed by atoms with Crippen LogP contribution in [0.1, 0.15) is 78.6 Å². The van der Waals surface area contributed by atoms with Gasteiger partial charge in [-0.2, -0.15) is 0 Å². The first kappa shape index (κ1) is 33.8. The molecule has 0 radical (unpaired) electrons. The molecule has 1 aromatic rings. The molecule has 10 atom stereocenters. The van der Waals surface area contributed by atoms with Gasteiger partial charge in [-0.1, -0.05) is 45.9 Å². The topological polar surface area (TPSA) is 146 Å². The minimum absolute atomic E-state index is 0.159. The first-order chi connectivity index (χ1) is 20.6. The summed E-state index contributed by atoms with van der Waals surface area (Å²) in [7, 11) is 1.35. The van der Waals surface area contributed by atoms with Gasteiger partial charge in [-0.15, -0.1) is 0 Å². The van der Waals surface area contributed by atoms with Gasteiger partial charge in [-0.05, 0) is 43.5 Å². The first-order valence-electron chi connectivity index (χ1n) is 15.4. The number of methoxy groups -OCH3 is 1. The van der Waals surface area contributed by atoms with Crippen molar-refractivity contribution in [2.24, 2.45) is 27.6 Å². The van der Waals surface area contributed by atoms with Crippen LogP contribution in [0, 0.1) is 27.6 Å². The van der Waals surface area contributed by atoms with Crippen LogP contribution in [0.3, 0.4) is 0 Å². The number of esters is 3. The zero-order valence-electron chi connectivity index (χ0n) is 27.1. The monoisotopic (exact) mass is 614 g/mol. The van der Waals surface area contributed by atoms with Crippen LogP contribution in [0.15, 0.2) is 41.5 Å². The fraction of sp³-hybridized carbons (Fsp3) is 0.647. The fourth-order valence-corrected chi connectivity index (χ4v) is 9.34. The van der Waals surface area contributed by atoms with Crippen molar-refractivity contribution in [2.75, 3.05) is 13.7 Å². The molecule has 0 amide bonds. The normalized spacial score (nSPS) is 40.8. The Balaban J connectivity index is 0.000000576. The number of fused-ring (bicyclic) bond motifs is 1. The van der Waals surface area contributed by atoms with E-state index in [4.69, 9.17) is 14.2 Å². The maximum absolute atomic E-state index is 14.5. The summed E-state index contributed by atoms with van der Waals surface area (Å²) in [5.41, 5.74) is -2.42. The number of rotatable bonds is 3. The number of benzene rings is 1. The minimum atomic E-state index is -1.37. The Morgan fingerprint density at radius 1 is 0.977 bits per heavy atom. The lowest BCUT2D eigenvalue weighted by Gasteiger charge is -2.85. The number of carbonyl (C=O) groups is 4. The second kappa shape index (κ2) is 11.7. The predicted molar refractivity (Wildman–Crippen MR) is 159 cm³/mol. The number of aliphatic hydroxyl groups is 2. The molecule has 4 aliphatic carbocycles. The summed E-state index contributed by atoms with van der Waals surface area (Å²) in [5, 5.41) is 22.8. The molecule has 10 nitrogen and oxygen atoms in total. The molecule has 6 rings (SSSR count). The quantitative estimate of drug-likeness (QED) is 0.293. The molecular formula is C34H46O10. The Hall–Kier alpha value is -3.08. The van der Waals surface area contributed by atoms with Crippen LogP contribution < -0.4 is 0 Å². The highest BCUT2D eigenvalue weighted by molar-refractivity contribution is 5.98. The van der Waals surface area contributed by atoms with Gasteiger partial charge in [-0.3, -0.25) is 14.4 Å². The Labute approximate surface area is 259 Å². The summed E-state index contributed by atoms with van der Waals surface area (Å²) in [4.78, 5) is 49.8. The van der Waals surface area contributed by atoms with E-state index in [1.165, 1.54) is 21.0 Å². The molecule has 242 valence electrons. The zero-order chi connectivity index (χ0) is 33.0. The van der Waals surface area contributed by atoms with E-state index in [-0.39, 0.29) is 24.4 Å². The van der Waals surface area contributed by atoms with Gasteiger partial charge in [0, 0.05) is 42.4 Å². The average Bonchev–Trinajstić information content (AvgIpc) is 2.98. The lowest BCUT2D eigenvalue weighted by atomic mass is 9.19. The van der Waals surface area contributed by atoms with Crippen LogP contribution in [0.25, 0.3) is 0 Å². The molecule has 1 heterocycles. The fourth-order valence-electron chi connectivity index (χ4n) is 9.34. The van der Waals surface area contributed by atoms with Gasteiger partial charge >= 0.3 is 17.9 Å². The number of carbonyl (C=O) groups excluding carboxylic acids is 4. The summed E-state index contributed by atoms with van der Waals surface area (Å²) < 4.78 is 22.1. The summed E-state index contributed by atoms with van der Waals surface area (Å²) in [6, 6.07) is 8.69. The standard InChI is InChI=1S/C29H34O8.C3H6O2.C2H6/c1-14-18(31)12-26(3)25(37-24(34)16-9-7-6-8-10-16)29-17-13-35-19(17)11-20(32)27(29,4)23(33)22(36-15(2)30)21(14)28(26,29)5;1-3(4)5-2;1-2/h6-10,17-20,22,25,31-32H,11-13H2,1-5H3;1-2H3;1-2H3/t17-,18+,19-,20+,22-,25?,26+,27+,28+,29?;;/m1../s1.